The smallest absolute Gasteiger partial charge is 0.313 e. The van der Waals surface area contributed by atoms with Crippen molar-refractivity contribution in [3.63, 3.8) is 0 Å². The van der Waals surface area contributed by atoms with Gasteiger partial charge in [-0.05, 0) is 41.6 Å². The highest BCUT2D eigenvalue weighted by Crippen LogP contribution is 2.13. The van der Waals surface area contributed by atoms with Crippen molar-refractivity contribution in [3.05, 3.63) is 65.2 Å². The number of carbonyl (C=O) groups excluding carboxylic acids is 2. The molecule has 0 aliphatic rings. The molecule has 0 saturated carbocycles. The lowest BCUT2D eigenvalue weighted by Crippen LogP contribution is -2.34. The molecule has 0 atom stereocenters. The fourth-order valence-corrected chi connectivity index (χ4v) is 2.58. The van der Waals surface area contributed by atoms with E-state index in [0.29, 0.717) is 11.3 Å². The Labute approximate surface area is 145 Å². The number of anilines is 1. The van der Waals surface area contributed by atoms with Crippen molar-refractivity contribution in [3.8, 4) is 6.07 Å². The van der Waals surface area contributed by atoms with Gasteiger partial charge in [-0.15, -0.1) is 0 Å². The van der Waals surface area contributed by atoms with Crippen molar-refractivity contribution in [2.75, 3.05) is 11.6 Å². The zero-order valence-corrected chi connectivity index (χ0v) is 14.0. The molecule has 0 spiro atoms. The molecule has 0 radical (unpaired) electrons. The summed E-state index contributed by atoms with van der Waals surface area (Å²) in [5.74, 6) is -0.536. The van der Waals surface area contributed by atoms with Crippen molar-refractivity contribution in [1.82, 2.24) is 5.32 Å². The number of nitrogens with one attached hydrogen (secondary N) is 2. The Morgan fingerprint density at radius 1 is 1.08 bits per heavy atom. The first-order valence-corrected chi connectivity index (χ1v) is 8.68. The molecule has 2 N–H and O–H groups in total. The highest BCUT2D eigenvalue weighted by atomic mass is 32.2. The van der Waals surface area contributed by atoms with Gasteiger partial charge in [0, 0.05) is 18.0 Å². The molecule has 2 aromatic rings. The van der Waals surface area contributed by atoms with Crippen LogP contribution in [-0.4, -0.2) is 18.1 Å². The Bertz CT molecular complexity index is 767. The molecule has 6 heteroatoms. The van der Waals surface area contributed by atoms with Crippen LogP contribution in [0.5, 0.6) is 0 Å². The predicted molar refractivity (Wildman–Crippen MR) is 95.3 cm³/mol. The Kier molecular flexibility index (Phi) is 6.41. The van der Waals surface area contributed by atoms with Gasteiger partial charge in [-0.2, -0.15) is 17.0 Å². The van der Waals surface area contributed by atoms with E-state index in [-0.39, 0.29) is 6.54 Å². The molecule has 0 unspecified atom stereocenters. The number of amides is 2. The van der Waals surface area contributed by atoms with Gasteiger partial charge in [-0.3, -0.25) is 9.59 Å². The normalized spacial score (nSPS) is 9.83. The van der Waals surface area contributed by atoms with E-state index >= 15 is 0 Å². The van der Waals surface area contributed by atoms with Gasteiger partial charge < -0.3 is 10.6 Å². The minimum absolute atomic E-state index is 0.189. The van der Waals surface area contributed by atoms with Gasteiger partial charge in [0.15, 0.2) is 0 Å². The number of nitrogens with zero attached hydrogens (tertiary/aromatic N) is 1. The lowest BCUT2D eigenvalue weighted by molar-refractivity contribution is -0.136. The van der Waals surface area contributed by atoms with Gasteiger partial charge >= 0.3 is 11.8 Å². The zero-order valence-electron chi connectivity index (χ0n) is 13.2. The van der Waals surface area contributed by atoms with Crippen molar-refractivity contribution >= 4 is 29.3 Å². The maximum Gasteiger partial charge on any atom is 0.313 e. The summed E-state index contributed by atoms with van der Waals surface area (Å²) in [5, 5.41) is 13.9. The topological polar surface area (TPSA) is 82.0 Å². The van der Waals surface area contributed by atoms with Crippen LogP contribution in [0.15, 0.2) is 48.5 Å². The van der Waals surface area contributed by atoms with Crippen molar-refractivity contribution in [2.45, 2.75) is 12.3 Å². The average molecular weight is 339 g/mol. The second kappa shape index (κ2) is 8.75. The second-order valence-electron chi connectivity index (χ2n) is 5.08. The molecule has 0 fully saturated rings. The summed E-state index contributed by atoms with van der Waals surface area (Å²) in [6.07, 6.45) is 2.02. The summed E-state index contributed by atoms with van der Waals surface area (Å²) in [7, 11) is 0. The number of nitriles is 1. The van der Waals surface area contributed by atoms with Crippen molar-refractivity contribution in [2.24, 2.45) is 0 Å². The molecule has 24 heavy (non-hydrogen) atoms. The number of rotatable bonds is 5. The Hall–Kier alpha value is -2.78. The lowest BCUT2D eigenvalue weighted by atomic mass is 10.1. The molecule has 122 valence electrons. The van der Waals surface area contributed by atoms with Crippen LogP contribution >= 0.6 is 11.8 Å². The average Bonchev–Trinajstić information content (AvgIpc) is 2.61. The van der Waals surface area contributed by atoms with Gasteiger partial charge in [0.1, 0.15) is 0 Å². The number of hydrogen-bond acceptors (Lipinski definition) is 4. The fourth-order valence-electron chi connectivity index (χ4n) is 2.05. The summed E-state index contributed by atoms with van der Waals surface area (Å²) >= 11 is 1.71. The molecular weight excluding hydrogens is 322 g/mol. The fraction of sp³-hybridized carbons (Fsp3) is 0.167. The largest absolute Gasteiger partial charge is 0.344 e. The highest BCUT2D eigenvalue weighted by molar-refractivity contribution is 7.97. The number of hydrogen-bond donors (Lipinski definition) is 2. The first-order valence-electron chi connectivity index (χ1n) is 7.28. The number of thioether (sulfide) groups is 1. The minimum atomic E-state index is -0.718. The van der Waals surface area contributed by atoms with Crippen LogP contribution in [0.2, 0.25) is 0 Å². The van der Waals surface area contributed by atoms with Gasteiger partial charge in [0.25, 0.3) is 0 Å². The SMILES string of the molecule is CSCc1ccc(NC(=O)C(=O)NCc2cccc(C#N)c2)cc1. The third-order valence-corrected chi connectivity index (χ3v) is 3.86. The van der Waals surface area contributed by atoms with Crippen LogP contribution in [0.4, 0.5) is 5.69 Å². The standard InChI is InChI=1S/C18H17N3O2S/c1-24-12-13-5-7-16(8-6-13)21-18(23)17(22)20-11-15-4-2-3-14(9-15)10-19/h2-9H,11-12H2,1H3,(H,20,22)(H,21,23). The summed E-state index contributed by atoms with van der Waals surface area (Å²) in [6, 6.07) is 16.3. The molecule has 0 heterocycles. The Morgan fingerprint density at radius 2 is 1.83 bits per heavy atom. The van der Waals surface area contributed by atoms with Crippen molar-refractivity contribution in [1.29, 1.82) is 5.26 Å². The first-order chi connectivity index (χ1) is 11.6. The van der Waals surface area contributed by atoms with Crippen LogP contribution in [0.1, 0.15) is 16.7 Å². The summed E-state index contributed by atoms with van der Waals surface area (Å²) < 4.78 is 0. The van der Waals surface area contributed by atoms with E-state index in [2.05, 4.69) is 10.6 Å². The second-order valence-corrected chi connectivity index (χ2v) is 5.94. The maximum atomic E-state index is 11.9. The van der Waals surface area contributed by atoms with Crippen LogP contribution in [-0.2, 0) is 21.9 Å². The molecule has 0 aliphatic heterocycles. The van der Waals surface area contributed by atoms with Gasteiger partial charge in [0.2, 0.25) is 0 Å². The monoisotopic (exact) mass is 339 g/mol. The van der Waals surface area contributed by atoms with Gasteiger partial charge in [-0.25, -0.2) is 0 Å². The third-order valence-electron chi connectivity index (χ3n) is 3.24. The van der Waals surface area contributed by atoms with Gasteiger partial charge in [0.05, 0.1) is 11.6 Å². The van der Waals surface area contributed by atoms with E-state index < -0.39 is 11.8 Å². The van der Waals surface area contributed by atoms with Crippen LogP contribution in [0.25, 0.3) is 0 Å². The lowest BCUT2D eigenvalue weighted by Gasteiger charge is -2.07. The Balaban J connectivity index is 1.87. The predicted octanol–water partition coefficient (Wildman–Crippen LogP) is 2.68. The number of benzene rings is 2. The van der Waals surface area contributed by atoms with E-state index in [0.717, 1.165) is 16.9 Å². The number of carbonyl (C=O) groups is 2. The van der Waals surface area contributed by atoms with E-state index in [1.807, 2.05) is 24.5 Å². The van der Waals surface area contributed by atoms with Crippen LogP contribution < -0.4 is 10.6 Å². The van der Waals surface area contributed by atoms with E-state index in [1.165, 1.54) is 0 Å². The molecule has 0 bridgehead atoms. The van der Waals surface area contributed by atoms with E-state index in [9.17, 15) is 9.59 Å². The van der Waals surface area contributed by atoms with E-state index in [1.54, 1.807) is 48.2 Å². The quantitative estimate of drug-likeness (QED) is 0.821. The zero-order chi connectivity index (χ0) is 17.4. The highest BCUT2D eigenvalue weighted by Gasteiger charge is 2.13. The summed E-state index contributed by atoms with van der Waals surface area (Å²) in [6.45, 7) is 0.189. The molecule has 0 saturated heterocycles. The van der Waals surface area contributed by atoms with Crippen molar-refractivity contribution < 1.29 is 9.59 Å². The summed E-state index contributed by atoms with van der Waals surface area (Å²) in [5.41, 5.74) is 3.00. The molecule has 0 aliphatic carbocycles. The van der Waals surface area contributed by atoms with E-state index in [4.69, 9.17) is 5.26 Å². The van der Waals surface area contributed by atoms with Crippen LogP contribution in [0.3, 0.4) is 0 Å². The molecule has 2 aromatic carbocycles. The molecule has 2 amide bonds. The molecular formula is C18H17N3O2S. The Morgan fingerprint density at radius 3 is 2.50 bits per heavy atom. The molecule has 0 aromatic heterocycles. The van der Waals surface area contributed by atoms with Gasteiger partial charge in [-0.1, -0.05) is 24.3 Å². The molecule has 5 nitrogen and oxygen atoms in total. The summed E-state index contributed by atoms with van der Waals surface area (Å²) in [4.78, 5) is 23.7. The first kappa shape index (κ1) is 17.6. The minimum Gasteiger partial charge on any atom is -0.344 e. The van der Waals surface area contributed by atoms with Crippen LogP contribution in [0, 0.1) is 11.3 Å². The molecule has 2 rings (SSSR count). The third kappa shape index (κ3) is 5.14. The maximum absolute atomic E-state index is 11.9.